The second-order valence-electron chi connectivity index (χ2n) is 5.36. The number of rotatable bonds is 5. The minimum Gasteiger partial charge on any atom is -0.505 e. The van der Waals surface area contributed by atoms with Crippen LogP contribution in [0.3, 0.4) is 0 Å². The van der Waals surface area contributed by atoms with E-state index in [1.54, 1.807) is 25.1 Å². The van der Waals surface area contributed by atoms with Crippen molar-refractivity contribution in [2.75, 3.05) is 0 Å². The number of phenols is 1. The monoisotopic (exact) mass is 341 g/mol. The number of hydrogen-bond donors (Lipinski definition) is 2. The molecular formula is C17H15N3O5. The van der Waals surface area contributed by atoms with E-state index in [1.807, 2.05) is 0 Å². The van der Waals surface area contributed by atoms with Gasteiger partial charge in [0.15, 0.2) is 0 Å². The number of aromatic hydroxyl groups is 1. The summed E-state index contributed by atoms with van der Waals surface area (Å²) in [5.41, 5.74) is 0.0295. The van der Waals surface area contributed by atoms with Gasteiger partial charge in [-0.25, -0.2) is 0 Å². The van der Waals surface area contributed by atoms with Crippen LogP contribution in [0.15, 0.2) is 47.2 Å². The molecule has 25 heavy (non-hydrogen) atoms. The molecule has 128 valence electrons. The third-order valence-electron chi connectivity index (χ3n) is 3.84. The summed E-state index contributed by atoms with van der Waals surface area (Å²) < 4.78 is 5.35. The van der Waals surface area contributed by atoms with Crippen molar-refractivity contribution in [3.05, 3.63) is 64.2 Å². The Labute approximate surface area is 142 Å². The van der Waals surface area contributed by atoms with Crippen LogP contribution in [0.4, 0.5) is 5.69 Å². The highest BCUT2D eigenvalue weighted by molar-refractivity contribution is 5.93. The van der Waals surface area contributed by atoms with Gasteiger partial charge in [-0.1, -0.05) is 6.92 Å². The first kappa shape index (κ1) is 16.4. The second kappa shape index (κ2) is 6.60. The Hall–Kier alpha value is -3.42. The smallest absolute Gasteiger partial charge is 0.279 e. The number of benzene rings is 1. The number of amides is 1. The Morgan fingerprint density at radius 1 is 1.44 bits per heavy atom. The molecule has 2 heterocycles. The first-order valence-electron chi connectivity index (χ1n) is 7.60. The van der Waals surface area contributed by atoms with Crippen LogP contribution in [-0.4, -0.2) is 20.9 Å². The lowest BCUT2D eigenvalue weighted by molar-refractivity contribution is -0.383. The van der Waals surface area contributed by atoms with Crippen molar-refractivity contribution in [3.63, 3.8) is 0 Å². The van der Waals surface area contributed by atoms with Crippen molar-refractivity contribution in [2.45, 2.75) is 19.4 Å². The molecule has 0 bridgehead atoms. The van der Waals surface area contributed by atoms with Crippen molar-refractivity contribution in [2.24, 2.45) is 0 Å². The van der Waals surface area contributed by atoms with Gasteiger partial charge in [0.05, 0.1) is 16.6 Å². The Kier molecular flexibility index (Phi) is 4.34. The molecular weight excluding hydrogens is 326 g/mol. The van der Waals surface area contributed by atoms with Gasteiger partial charge >= 0.3 is 0 Å². The minimum atomic E-state index is -0.868. The maximum Gasteiger partial charge on any atom is 0.279 e. The van der Waals surface area contributed by atoms with E-state index in [0.717, 1.165) is 0 Å². The number of fused-ring (bicyclic) bond motifs is 1. The van der Waals surface area contributed by atoms with Crippen LogP contribution in [0.25, 0.3) is 10.9 Å². The molecule has 1 aromatic carbocycles. The predicted molar refractivity (Wildman–Crippen MR) is 89.0 cm³/mol. The number of phenolic OH excluding ortho intramolecular Hbond substituents is 1. The SMILES string of the molecule is CCC(=O)N[C@H](c1ccco1)c1cc([N+](=O)[O-])c2cccnc2c1O. The first-order chi connectivity index (χ1) is 12.0. The lowest BCUT2D eigenvalue weighted by atomic mass is 9.99. The number of pyridine rings is 1. The summed E-state index contributed by atoms with van der Waals surface area (Å²) in [7, 11) is 0. The molecule has 8 nitrogen and oxygen atoms in total. The third kappa shape index (κ3) is 3.01. The predicted octanol–water partition coefficient (Wildman–Crippen LogP) is 3.06. The number of non-ortho nitro benzene ring substituents is 1. The van der Waals surface area contributed by atoms with Crippen molar-refractivity contribution in [1.82, 2.24) is 10.3 Å². The molecule has 0 aliphatic heterocycles. The summed E-state index contributed by atoms with van der Waals surface area (Å²) in [5.74, 6) is -0.176. The number of hydrogen-bond acceptors (Lipinski definition) is 6. The highest BCUT2D eigenvalue weighted by Gasteiger charge is 2.28. The molecule has 1 atom stereocenters. The molecule has 0 saturated carbocycles. The van der Waals surface area contributed by atoms with Gasteiger partial charge in [0, 0.05) is 24.2 Å². The quantitative estimate of drug-likeness (QED) is 0.544. The molecule has 0 aliphatic rings. The van der Waals surface area contributed by atoms with E-state index >= 15 is 0 Å². The van der Waals surface area contributed by atoms with Gasteiger partial charge < -0.3 is 14.8 Å². The maximum absolute atomic E-state index is 11.9. The standard InChI is InChI=1S/C17H15N3O5/c1-2-14(21)19-15(13-6-4-8-25-13)11-9-12(20(23)24)10-5-3-7-18-16(10)17(11)22/h3-9,15,22H,2H2,1H3,(H,19,21)/t15-/m0/s1. The summed E-state index contributed by atoms with van der Waals surface area (Å²) in [6.07, 6.45) is 3.07. The molecule has 1 amide bonds. The molecule has 3 rings (SSSR count). The maximum atomic E-state index is 11.9. The van der Waals surface area contributed by atoms with Crippen LogP contribution in [0.2, 0.25) is 0 Å². The van der Waals surface area contributed by atoms with Crippen molar-refractivity contribution in [3.8, 4) is 5.75 Å². The fraction of sp³-hybridized carbons (Fsp3) is 0.176. The van der Waals surface area contributed by atoms with Gasteiger partial charge in [-0.2, -0.15) is 0 Å². The van der Waals surface area contributed by atoms with Crippen LogP contribution in [-0.2, 0) is 4.79 Å². The number of carbonyl (C=O) groups is 1. The number of furan rings is 1. The van der Waals surface area contributed by atoms with Gasteiger partial charge in [0.2, 0.25) is 5.91 Å². The van der Waals surface area contributed by atoms with Crippen LogP contribution in [0, 0.1) is 10.1 Å². The van der Waals surface area contributed by atoms with Crippen molar-refractivity contribution < 1.29 is 19.2 Å². The van der Waals surface area contributed by atoms with Crippen molar-refractivity contribution >= 4 is 22.5 Å². The van der Waals surface area contributed by atoms with E-state index in [-0.39, 0.29) is 40.2 Å². The molecule has 0 unspecified atom stereocenters. The third-order valence-corrected chi connectivity index (χ3v) is 3.84. The van der Waals surface area contributed by atoms with Gasteiger partial charge in [-0.3, -0.25) is 19.9 Å². The number of aromatic nitrogens is 1. The van der Waals surface area contributed by atoms with Crippen LogP contribution in [0.1, 0.15) is 30.7 Å². The van der Waals surface area contributed by atoms with E-state index in [9.17, 15) is 20.0 Å². The summed E-state index contributed by atoms with van der Waals surface area (Å²) in [6, 6.07) is 6.68. The molecule has 0 radical (unpaired) electrons. The number of nitro benzene ring substituents is 1. The number of carbonyl (C=O) groups excluding carboxylic acids is 1. The van der Waals surface area contributed by atoms with E-state index in [4.69, 9.17) is 4.42 Å². The Morgan fingerprint density at radius 3 is 2.88 bits per heavy atom. The number of nitrogens with one attached hydrogen (secondary N) is 1. The molecule has 8 heteroatoms. The Balaban J connectivity index is 2.25. The Bertz CT molecular complexity index is 937. The molecule has 0 aliphatic carbocycles. The highest BCUT2D eigenvalue weighted by Crippen LogP contribution is 2.39. The minimum absolute atomic E-state index is 0.0917. The summed E-state index contributed by atoms with van der Waals surface area (Å²) in [4.78, 5) is 26.9. The zero-order valence-corrected chi connectivity index (χ0v) is 13.3. The summed E-state index contributed by atoms with van der Waals surface area (Å²) in [5, 5.41) is 25.0. The highest BCUT2D eigenvalue weighted by atomic mass is 16.6. The topological polar surface area (TPSA) is 118 Å². The molecule has 2 N–H and O–H groups in total. The average Bonchev–Trinajstić information content (AvgIpc) is 3.14. The van der Waals surface area contributed by atoms with Crippen LogP contribution < -0.4 is 5.32 Å². The van der Waals surface area contributed by atoms with Gasteiger partial charge in [-0.05, 0) is 24.3 Å². The summed E-state index contributed by atoms with van der Waals surface area (Å²) >= 11 is 0. The van der Waals surface area contributed by atoms with Crippen molar-refractivity contribution in [1.29, 1.82) is 0 Å². The van der Waals surface area contributed by atoms with Crippen LogP contribution in [0.5, 0.6) is 5.75 Å². The van der Waals surface area contributed by atoms with E-state index < -0.39 is 11.0 Å². The lowest BCUT2D eigenvalue weighted by Crippen LogP contribution is -2.28. The molecule has 3 aromatic rings. The van der Waals surface area contributed by atoms with Gasteiger partial charge in [0.1, 0.15) is 23.1 Å². The first-order valence-corrected chi connectivity index (χ1v) is 7.60. The number of nitrogens with zero attached hydrogens (tertiary/aromatic N) is 2. The Morgan fingerprint density at radius 2 is 2.24 bits per heavy atom. The average molecular weight is 341 g/mol. The number of nitro groups is 1. The largest absolute Gasteiger partial charge is 0.505 e. The van der Waals surface area contributed by atoms with E-state index in [2.05, 4.69) is 10.3 Å². The molecule has 2 aromatic heterocycles. The fourth-order valence-corrected chi connectivity index (χ4v) is 2.62. The molecule has 0 spiro atoms. The lowest BCUT2D eigenvalue weighted by Gasteiger charge is -2.18. The molecule has 0 saturated heterocycles. The van der Waals surface area contributed by atoms with Crippen LogP contribution >= 0.6 is 0 Å². The van der Waals surface area contributed by atoms with Gasteiger partial charge in [0.25, 0.3) is 5.69 Å². The fourth-order valence-electron chi connectivity index (χ4n) is 2.62. The zero-order chi connectivity index (χ0) is 18.0. The second-order valence-corrected chi connectivity index (χ2v) is 5.36. The zero-order valence-electron chi connectivity index (χ0n) is 13.3. The normalized spacial score (nSPS) is 12.0. The van der Waals surface area contributed by atoms with Gasteiger partial charge in [-0.15, -0.1) is 0 Å². The van der Waals surface area contributed by atoms with E-state index in [0.29, 0.717) is 5.76 Å². The molecule has 0 fully saturated rings. The van der Waals surface area contributed by atoms with E-state index in [1.165, 1.54) is 24.6 Å². The summed E-state index contributed by atoms with van der Waals surface area (Å²) in [6.45, 7) is 1.68.